The van der Waals surface area contributed by atoms with Gasteiger partial charge >= 0.3 is 5.97 Å². The average molecular weight is 211 g/mol. The van der Waals surface area contributed by atoms with Gasteiger partial charge in [0.05, 0.1) is 6.54 Å². The number of rotatable bonds is 5. The van der Waals surface area contributed by atoms with Crippen molar-refractivity contribution in [2.24, 2.45) is 5.92 Å². The maximum absolute atomic E-state index is 11.6. The average Bonchev–Trinajstić information content (AvgIpc) is 2.60. The standard InChI is InChI=1S/C11H17NO3/c1-3-9-5-6-12(11(9)14)7-8-15-10(13)4-2/h4,9H,2-3,5-8H2,1H3. The minimum Gasteiger partial charge on any atom is -0.461 e. The van der Waals surface area contributed by atoms with Gasteiger partial charge in [-0.2, -0.15) is 0 Å². The normalized spacial score (nSPS) is 20.5. The van der Waals surface area contributed by atoms with Crippen LogP contribution in [0, 0.1) is 5.92 Å². The molecule has 4 heteroatoms. The van der Waals surface area contributed by atoms with Gasteiger partial charge in [-0.25, -0.2) is 4.79 Å². The molecule has 1 saturated heterocycles. The van der Waals surface area contributed by atoms with E-state index in [9.17, 15) is 9.59 Å². The van der Waals surface area contributed by atoms with E-state index in [0.29, 0.717) is 6.54 Å². The van der Waals surface area contributed by atoms with Crippen LogP contribution < -0.4 is 0 Å². The number of carbonyl (C=O) groups excluding carboxylic acids is 2. The lowest BCUT2D eigenvalue weighted by Gasteiger charge is -2.15. The third-order valence-electron chi connectivity index (χ3n) is 2.67. The number of esters is 1. The highest BCUT2D eigenvalue weighted by molar-refractivity contribution is 5.81. The highest BCUT2D eigenvalue weighted by Crippen LogP contribution is 2.20. The van der Waals surface area contributed by atoms with Gasteiger partial charge in [-0.3, -0.25) is 4.79 Å². The van der Waals surface area contributed by atoms with E-state index in [4.69, 9.17) is 4.74 Å². The molecule has 1 fully saturated rings. The lowest BCUT2D eigenvalue weighted by atomic mass is 10.1. The number of hydrogen-bond donors (Lipinski definition) is 0. The van der Waals surface area contributed by atoms with Gasteiger partial charge in [-0.1, -0.05) is 13.5 Å². The van der Waals surface area contributed by atoms with Crippen LogP contribution in [0.25, 0.3) is 0 Å². The molecule has 0 aromatic rings. The van der Waals surface area contributed by atoms with Gasteiger partial charge in [-0.15, -0.1) is 0 Å². The first kappa shape index (κ1) is 11.8. The van der Waals surface area contributed by atoms with Crippen LogP contribution in [0.4, 0.5) is 0 Å². The summed E-state index contributed by atoms with van der Waals surface area (Å²) in [6, 6.07) is 0. The first-order chi connectivity index (χ1) is 7.19. The second-order valence-electron chi connectivity index (χ2n) is 3.59. The molecule has 1 unspecified atom stereocenters. The van der Waals surface area contributed by atoms with E-state index in [1.54, 1.807) is 4.90 Å². The summed E-state index contributed by atoms with van der Waals surface area (Å²) < 4.78 is 4.82. The highest BCUT2D eigenvalue weighted by Gasteiger charge is 2.29. The van der Waals surface area contributed by atoms with Crippen molar-refractivity contribution in [1.82, 2.24) is 4.90 Å². The molecule has 0 spiro atoms. The molecule has 0 aliphatic carbocycles. The summed E-state index contributed by atoms with van der Waals surface area (Å²) in [5, 5.41) is 0. The first-order valence-corrected chi connectivity index (χ1v) is 5.27. The van der Waals surface area contributed by atoms with Gasteiger partial charge in [0, 0.05) is 18.5 Å². The Morgan fingerprint density at radius 2 is 2.47 bits per heavy atom. The summed E-state index contributed by atoms with van der Waals surface area (Å²) in [7, 11) is 0. The van der Waals surface area contributed by atoms with Crippen LogP contribution in [-0.4, -0.2) is 36.5 Å². The van der Waals surface area contributed by atoms with E-state index in [-0.39, 0.29) is 18.4 Å². The Balaban J connectivity index is 2.26. The topological polar surface area (TPSA) is 46.6 Å². The predicted octanol–water partition coefficient (Wildman–Crippen LogP) is 0.974. The zero-order valence-corrected chi connectivity index (χ0v) is 9.07. The molecule has 1 amide bonds. The number of carbonyl (C=O) groups is 2. The Kier molecular flexibility index (Phi) is 4.34. The lowest BCUT2D eigenvalue weighted by Crippen LogP contribution is -2.31. The first-order valence-electron chi connectivity index (χ1n) is 5.27. The van der Waals surface area contributed by atoms with Crippen LogP contribution >= 0.6 is 0 Å². The second kappa shape index (κ2) is 5.53. The molecule has 1 rings (SSSR count). The van der Waals surface area contributed by atoms with E-state index in [0.717, 1.165) is 25.5 Å². The highest BCUT2D eigenvalue weighted by atomic mass is 16.5. The zero-order chi connectivity index (χ0) is 11.3. The largest absolute Gasteiger partial charge is 0.461 e. The van der Waals surface area contributed by atoms with Gasteiger partial charge in [-0.05, 0) is 12.8 Å². The summed E-state index contributed by atoms with van der Waals surface area (Å²) in [4.78, 5) is 24.1. The number of nitrogens with zero attached hydrogens (tertiary/aromatic N) is 1. The summed E-state index contributed by atoms with van der Waals surface area (Å²) in [6.07, 6.45) is 2.94. The quantitative estimate of drug-likeness (QED) is 0.503. The minimum absolute atomic E-state index is 0.167. The molecule has 15 heavy (non-hydrogen) atoms. The summed E-state index contributed by atoms with van der Waals surface area (Å²) in [6.45, 7) is 6.85. The van der Waals surface area contributed by atoms with Crippen molar-refractivity contribution in [2.45, 2.75) is 19.8 Å². The van der Waals surface area contributed by atoms with E-state index in [1.807, 2.05) is 6.92 Å². The summed E-state index contributed by atoms with van der Waals surface area (Å²) in [5.41, 5.74) is 0. The Morgan fingerprint density at radius 1 is 1.73 bits per heavy atom. The van der Waals surface area contributed by atoms with E-state index >= 15 is 0 Å². The molecule has 1 atom stereocenters. The fraction of sp³-hybridized carbons (Fsp3) is 0.636. The summed E-state index contributed by atoms with van der Waals surface area (Å²) in [5.74, 6) is -0.0825. The molecule has 0 aromatic heterocycles. The van der Waals surface area contributed by atoms with Gasteiger partial charge in [0.2, 0.25) is 5.91 Å². The van der Waals surface area contributed by atoms with Crippen LogP contribution in [0.5, 0.6) is 0 Å². The molecule has 0 saturated carbocycles. The molecule has 84 valence electrons. The van der Waals surface area contributed by atoms with Gasteiger partial charge in [0.1, 0.15) is 6.61 Å². The molecule has 1 heterocycles. The third-order valence-corrected chi connectivity index (χ3v) is 2.67. The number of likely N-dealkylation sites (tertiary alicyclic amines) is 1. The Labute approximate surface area is 89.9 Å². The van der Waals surface area contributed by atoms with Crippen LogP contribution in [0.15, 0.2) is 12.7 Å². The third kappa shape index (κ3) is 3.08. The van der Waals surface area contributed by atoms with Crippen LogP contribution in [0.3, 0.4) is 0 Å². The molecular formula is C11H17NO3. The molecule has 1 aliphatic rings. The summed E-state index contributed by atoms with van der Waals surface area (Å²) >= 11 is 0. The Hall–Kier alpha value is -1.32. The molecule has 0 bridgehead atoms. The van der Waals surface area contributed by atoms with E-state index in [2.05, 4.69) is 6.58 Å². The van der Waals surface area contributed by atoms with Crippen molar-refractivity contribution in [1.29, 1.82) is 0 Å². The van der Waals surface area contributed by atoms with E-state index in [1.165, 1.54) is 0 Å². The Bertz CT molecular complexity index is 263. The number of hydrogen-bond acceptors (Lipinski definition) is 3. The lowest BCUT2D eigenvalue weighted by molar-refractivity contribution is -0.140. The van der Waals surface area contributed by atoms with E-state index < -0.39 is 5.97 Å². The number of amides is 1. The molecule has 0 aromatic carbocycles. The van der Waals surface area contributed by atoms with Crippen LogP contribution in [0.1, 0.15) is 19.8 Å². The molecule has 4 nitrogen and oxygen atoms in total. The van der Waals surface area contributed by atoms with Crippen molar-refractivity contribution in [2.75, 3.05) is 19.7 Å². The van der Waals surface area contributed by atoms with Crippen molar-refractivity contribution in [3.05, 3.63) is 12.7 Å². The van der Waals surface area contributed by atoms with Crippen molar-refractivity contribution in [3.8, 4) is 0 Å². The maximum atomic E-state index is 11.6. The van der Waals surface area contributed by atoms with Crippen molar-refractivity contribution >= 4 is 11.9 Å². The SMILES string of the molecule is C=CC(=O)OCCN1CCC(CC)C1=O. The molecule has 1 aliphatic heterocycles. The predicted molar refractivity (Wildman–Crippen MR) is 56.1 cm³/mol. The number of ether oxygens (including phenoxy) is 1. The Morgan fingerprint density at radius 3 is 3.00 bits per heavy atom. The minimum atomic E-state index is -0.436. The monoisotopic (exact) mass is 211 g/mol. The fourth-order valence-electron chi connectivity index (χ4n) is 1.72. The second-order valence-corrected chi connectivity index (χ2v) is 3.59. The van der Waals surface area contributed by atoms with Gasteiger partial charge < -0.3 is 9.64 Å². The van der Waals surface area contributed by atoms with Gasteiger partial charge in [0.25, 0.3) is 0 Å². The van der Waals surface area contributed by atoms with Crippen LogP contribution in [0.2, 0.25) is 0 Å². The maximum Gasteiger partial charge on any atom is 0.330 e. The zero-order valence-electron chi connectivity index (χ0n) is 9.07. The van der Waals surface area contributed by atoms with Crippen LogP contribution in [-0.2, 0) is 14.3 Å². The molecular weight excluding hydrogens is 194 g/mol. The van der Waals surface area contributed by atoms with Gasteiger partial charge in [0.15, 0.2) is 0 Å². The fourth-order valence-corrected chi connectivity index (χ4v) is 1.72. The van der Waals surface area contributed by atoms with Crippen molar-refractivity contribution in [3.63, 3.8) is 0 Å². The van der Waals surface area contributed by atoms with Crippen molar-refractivity contribution < 1.29 is 14.3 Å². The smallest absolute Gasteiger partial charge is 0.330 e. The molecule has 0 radical (unpaired) electrons. The molecule has 0 N–H and O–H groups in total.